The number of nitrogens with zero attached hydrogens (tertiary/aromatic N) is 4. The molecule has 174 valence electrons. The summed E-state index contributed by atoms with van der Waals surface area (Å²) < 4.78 is 5.24. The molecule has 0 saturated carbocycles. The highest BCUT2D eigenvalue weighted by atomic mass is 35.5. The highest BCUT2D eigenvalue weighted by Crippen LogP contribution is 2.36. The van der Waals surface area contributed by atoms with Gasteiger partial charge in [0.15, 0.2) is 10.9 Å². The summed E-state index contributed by atoms with van der Waals surface area (Å²) in [7, 11) is 0. The van der Waals surface area contributed by atoms with Crippen molar-refractivity contribution in [1.29, 1.82) is 0 Å². The first-order valence-corrected chi connectivity index (χ1v) is 12.1. The van der Waals surface area contributed by atoms with Gasteiger partial charge in [0.25, 0.3) is 0 Å². The summed E-state index contributed by atoms with van der Waals surface area (Å²) in [6.45, 7) is 7.57. The van der Waals surface area contributed by atoms with E-state index in [4.69, 9.17) is 21.3 Å². The summed E-state index contributed by atoms with van der Waals surface area (Å²) in [6.07, 6.45) is 6.08. The van der Waals surface area contributed by atoms with Gasteiger partial charge in [-0.1, -0.05) is 29.9 Å². The molecule has 3 aromatic heterocycles. The van der Waals surface area contributed by atoms with Gasteiger partial charge in [0.1, 0.15) is 16.3 Å². The zero-order valence-electron chi connectivity index (χ0n) is 18.8. The molecule has 0 aliphatic carbocycles. The molecule has 10 heteroatoms. The summed E-state index contributed by atoms with van der Waals surface area (Å²) >= 11 is 7.41. The predicted molar refractivity (Wildman–Crippen MR) is 128 cm³/mol. The minimum atomic E-state index is -0.407. The van der Waals surface area contributed by atoms with Crippen LogP contribution in [0.5, 0.6) is 0 Å². The molecule has 2 atom stereocenters. The molecule has 0 radical (unpaired) electrons. The van der Waals surface area contributed by atoms with E-state index in [1.807, 2.05) is 6.92 Å². The normalized spacial score (nSPS) is 18.4. The van der Waals surface area contributed by atoms with Crippen LogP contribution in [0.3, 0.4) is 0 Å². The Morgan fingerprint density at radius 3 is 2.82 bits per heavy atom. The molecular formula is C23H26ClN5O3S. The SMILES string of the molecule is CCOC(=O)c1sc(N2CC[C@@H](CC(=O)c3cc(Cl)c(C)[nH]3)[C@@H](C)C2)nc1-c1cnccn1. The topological polar surface area (TPSA) is 101 Å². The zero-order chi connectivity index (χ0) is 23.5. The van der Waals surface area contributed by atoms with Crippen LogP contribution < -0.4 is 4.90 Å². The Kier molecular flexibility index (Phi) is 7.09. The third kappa shape index (κ3) is 5.09. The number of hydrogen-bond donors (Lipinski definition) is 1. The maximum absolute atomic E-state index is 12.7. The van der Waals surface area contributed by atoms with Gasteiger partial charge < -0.3 is 14.6 Å². The fourth-order valence-corrected chi connectivity index (χ4v) is 5.24. The Morgan fingerprint density at radius 1 is 1.36 bits per heavy atom. The molecule has 33 heavy (non-hydrogen) atoms. The van der Waals surface area contributed by atoms with E-state index in [-0.39, 0.29) is 24.2 Å². The lowest BCUT2D eigenvalue weighted by Gasteiger charge is -2.36. The molecule has 8 nitrogen and oxygen atoms in total. The Balaban J connectivity index is 1.49. The number of nitrogens with one attached hydrogen (secondary N) is 1. The predicted octanol–water partition coefficient (Wildman–Crippen LogP) is 4.80. The number of thiazole rings is 1. The molecular weight excluding hydrogens is 462 g/mol. The van der Waals surface area contributed by atoms with E-state index >= 15 is 0 Å². The summed E-state index contributed by atoms with van der Waals surface area (Å²) in [5.41, 5.74) is 2.41. The van der Waals surface area contributed by atoms with Crippen LogP contribution in [-0.4, -0.2) is 51.4 Å². The van der Waals surface area contributed by atoms with E-state index in [9.17, 15) is 9.59 Å². The first-order chi connectivity index (χ1) is 15.9. The van der Waals surface area contributed by atoms with Gasteiger partial charge in [-0.25, -0.2) is 9.78 Å². The van der Waals surface area contributed by atoms with E-state index in [1.165, 1.54) is 11.3 Å². The minimum absolute atomic E-state index is 0.0825. The second-order valence-corrected chi connectivity index (χ2v) is 9.63. The van der Waals surface area contributed by atoms with Crippen molar-refractivity contribution in [2.45, 2.75) is 33.6 Å². The van der Waals surface area contributed by atoms with Crippen molar-refractivity contribution < 1.29 is 14.3 Å². The Hall–Kier alpha value is -2.78. The number of aromatic amines is 1. The number of ketones is 1. The molecule has 1 aliphatic heterocycles. The largest absolute Gasteiger partial charge is 0.462 e. The third-order valence-electron chi connectivity index (χ3n) is 5.94. The first-order valence-electron chi connectivity index (χ1n) is 10.9. The number of aryl methyl sites for hydroxylation is 1. The van der Waals surface area contributed by atoms with Crippen LogP contribution in [0.1, 0.15) is 52.5 Å². The molecule has 1 fully saturated rings. The summed E-state index contributed by atoms with van der Waals surface area (Å²) in [5.74, 6) is 0.221. The summed E-state index contributed by atoms with van der Waals surface area (Å²) in [4.78, 5) is 44.1. The molecule has 0 bridgehead atoms. The number of esters is 1. The number of H-pyrrole nitrogens is 1. The zero-order valence-corrected chi connectivity index (χ0v) is 20.4. The van der Waals surface area contributed by atoms with Crippen molar-refractivity contribution in [3.05, 3.63) is 45.9 Å². The second kappa shape index (κ2) is 10.0. The first kappa shape index (κ1) is 23.4. The molecule has 0 aromatic carbocycles. The highest BCUT2D eigenvalue weighted by Gasteiger charge is 2.31. The Morgan fingerprint density at radius 2 is 2.18 bits per heavy atom. The van der Waals surface area contributed by atoms with E-state index in [0.717, 1.165) is 30.3 Å². The molecule has 0 unspecified atom stereocenters. The van der Waals surface area contributed by atoms with Crippen LogP contribution in [-0.2, 0) is 4.74 Å². The number of carbonyl (C=O) groups excluding carboxylic acids is 2. The quantitative estimate of drug-likeness (QED) is 0.377. The summed E-state index contributed by atoms with van der Waals surface area (Å²) in [5, 5.41) is 1.34. The monoisotopic (exact) mass is 487 g/mol. The number of rotatable bonds is 7. The number of carbonyl (C=O) groups is 2. The fraction of sp³-hybridized carbons (Fsp3) is 0.435. The highest BCUT2D eigenvalue weighted by molar-refractivity contribution is 7.17. The average Bonchev–Trinajstić information content (AvgIpc) is 3.40. The lowest BCUT2D eigenvalue weighted by molar-refractivity contribution is 0.0532. The number of hydrogen-bond acceptors (Lipinski definition) is 8. The molecule has 0 spiro atoms. The van der Waals surface area contributed by atoms with Gasteiger partial charge in [0.2, 0.25) is 0 Å². The van der Waals surface area contributed by atoms with Crippen molar-refractivity contribution >= 4 is 39.8 Å². The van der Waals surface area contributed by atoms with E-state index < -0.39 is 5.97 Å². The second-order valence-electron chi connectivity index (χ2n) is 8.24. The maximum Gasteiger partial charge on any atom is 0.350 e. The Labute approximate surface area is 201 Å². The van der Waals surface area contributed by atoms with Crippen molar-refractivity contribution in [1.82, 2.24) is 19.9 Å². The van der Waals surface area contributed by atoms with Crippen LogP contribution in [0, 0.1) is 18.8 Å². The van der Waals surface area contributed by atoms with E-state index in [0.29, 0.717) is 33.4 Å². The minimum Gasteiger partial charge on any atom is -0.462 e. The van der Waals surface area contributed by atoms with Gasteiger partial charge in [-0.3, -0.25) is 14.8 Å². The molecule has 4 heterocycles. The van der Waals surface area contributed by atoms with Gasteiger partial charge in [0, 0.05) is 37.6 Å². The van der Waals surface area contributed by atoms with Gasteiger partial charge in [-0.05, 0) is 38.2 Å². The molecule has 1 N–H and O–H groups in total. The van der Waals surface area contributed by atoms with Crippen molar-refractivity contribution in [2.24, 2.45) is 11.8 Å². The number of aromatic nitrogens is 4. The molecule has 1 saturated heterocycles. The lowest BCUT2D eigenvalue weighted by Crippen LogP contribution is -2.40. The molecule has 3 aromatic rings. The van der Waals surface area contributed by atoms with E-state index in [2.05, 4.69) is 26.8 Å². The van der Waals surface area contributed by atoms with Crippen molar-refractivity contribution in [2.75, 3.05) is 24.6 Å². The number of Topliss-reactive ketones (excluding diaryl/α,β-unsaturated/α-hetero) is 1. The van der Waals surface area contributed by atoms with Gasteiger partial charge in [0.05, 0.1) is 23.5 Å². The van der Waals surface area contributed by atoms with Crippen molar-refractivity contribution in [3.8, 4) is 11.4 Å². The van der Waals surface area contributed by atoms with E-state index in [1.54, 1.807) is 31.6 Å². The maximum atomic E-state index is 12.7. The summed E-state index contributed by atoms with van der Waals surface area (Å²) in [6, 6.07) is 1.71. The number of piperidine rings is 1. The van der Waals surface area contributed by atoms with Gasteiger partial charge >= 0.3 is 5.97 Å². The third-order valence-corrected chi connectivity index (χ3v) is 7.42. The molecule has 4 rings (SSSR count). The van der Waals surface area contributed by atoms with Crippen LogP contribution in [0.2, 0.25) is 5.02 Å². The molecule has 1 aliphatic rings. The van der Waals surface area contributed by atoms with Gasteiger partial charge in [-0.2, -0.15) is 0 Å². The number of ether oxygens (including phenoxy) is 1. The Bertz CT molecular complexity index is 1130. The van der Waals surface area contributed by atoms with Gasteiger partial charge in [-0.15, -0.1) is 0 Å². The lowest BCUT2D eigenvalue weighted by atomic mass is 9.83. The van der Waals surface area contributed by atoms with Crippen LogP contribution in [0.25, 0.3) is 11.4 Å². The van der Waals surface area contributed by atoms with Crippen LogP contribution >= 0.6 is 22.9 Å². The number of halogens is 1. The van der Waals surface area contributed by atoms with Crippen molar-refractivity contribution in [3.63, 3.8) is 0 Å². The average molecular weight is 488 g/mol. The van der Waals surface area contributed by atoms with Crippen LogP contribution in [0.15, 0.2) is 24.7 Å². The standard InChI is InChI=1S/C23H26ClN5O3S/c1-4-32-22(31)21-20(18-11-25-6-7-26-18)28-23(33-21)29-8-5-15(13(2)12-29)9-19(30)17-10-16(24)14(3)27-17/h6-7,10-11,13,15,27H,4-5,8-9,12H2,1-3H3/t13-,15-/m0/s1. The fourth-order valence-electron chi connectivity index (χ4n) is 4.08. The number of anilines is 1. The van der Waals surface area contributed by atoms with Crippen LogP contribution in [0.4, 0.5) is 5.13 Å². The molecule has 0 amide bonds. The smallest absolute Gasteiger partial charge is 0.350 e.